The zero-order chi connectivity index (χ0) is 16.4. The minimum absolute atomic E-state index is 0.0866. The van der Waals surface area contributed by atoms with E-state index in [4.69, 9.17) is 4.74 Å². The smallest absolute Gasteiger partial charge is 0.345 e. The summed E-state index contributed by atoms with van der Waals surface area (Å²) in [7, 11) is 3.35. The van der Waals surface area contributed by atoms with Crippen LogP contribution < -0.4 is 5.56 Å². The zero-order valence-electron chi connectivity index (χ0n) is 13.3. The fourth-order valence-electron chi connectivity index (χ4n) is 2.73. The van der Waals surface area contributed by atoms with Gasteiger partial charge in [-0.3, -0.25) is 14.2 Å². The largest absolute Gasteiger partial charge is 0.462 e. The van der Waals surface area contributed by atoms with Gasteiger partial charge in [-0.15, -0.1) is 0 Å². The highest BCUT2D eigenvalue weighted by Crippen LogP contribution is 2.31. The molecule has 0 bridgehead atoms. The van der Waals surface area contributed by atoms with E-state index in [1.807, 2.05) is 6.92 Å². The van der Waals surface area contributed by atoms with Crippen LogP contribution in [0.25, 0.3) is 0 Å². The van der Waals surface area contributed by atoms with Gasteiger partial charge in [-0.2, -0.15) is 0 Å². The fraction of sp³-hybridized carbons (Fsp3) is 0.600. The molecule has 1 aromatic rings. The van der Waals surface area contributed by atoms with Gasteiger partial charge in [0.25, 0.3) is 5.56 Å². The number of hydrogen-bond acceptors (Lipinski definition) is 5. The van der Waals surface area contributed by atoms with Crippen LogP contribution in [-0.4, -0.2) is 47.0 Å². The van der Waals surface area contributed by atoms with Gasteiger partial charge in [0.15, 0.2) is 0 Å². The molecule has 2 heterocycles. The van der Waals surface area contributed by atoms with Gasteiger partial charge in [0.2, 0.25) is 5.91 Å². The number of nitrogens with zero attached hydrogens (tertiary/aromatic N) is 3. The number of ether oxygens (including phenoxy) is 1. The van der Waals surface area contributed by atoms with Crippen molar-refractivity contribution >= 4 is 11.9 Å². The molecule has 1 aliphatic rings. The molecule has 1 amide bonds. The Balaban J connectivity index is 2.53. The van der Waals surface area contributed by atoms with E-state index >= 15 is 0 Å². The maximum absolute atomic E-state index is 12.6. The van der Waals surface area contributed by atoms with E-state index < -0.39 is 17.4 Å². The first-order chi connectivity index (χ1) is 10.4. The third-order valence-electron chi connectivity index (χ3n) is 3.88. The highest BCUT2D eigenvalue weighted by atomic mass is 16.5. The molecule has 0 N–H and O–H groups in total. The third-order valence-corrected chi connectivity index (χ3v) is 3.88. The van der Waals surface area contributed by atoms with E-state index in [9.17, 15) is 14.4 Å². The van der Waals surface area contributed by atoms with Crippen LogP contribution in [0.3, 0.4) is 0 Å². The van der Waals surface area contributed by atoms with Crippen molar-refractivity contribution in [2.45, 2.75) is 38.6 Å². The summed E-state index contributed by atoms with van der Waals surface area (Å²) in [5, 5.41) is 0. The summed E-state index contributed by atoms with van der Waals surface area (Å²) < 4.78 is 6.34. The average molecular weight is 307 g/mol. The van der Waals surface area contributed by atoms with Crippen LogP contribution in [0, 0.1) is 0 Å². The number of carbonyl (C=O) groups excluding carboxylic acids is 2. The highest BCUT2D eigenvalue weighted by molar-refractivity contribution is 5.89. The number of amides is 1. The lowest BCUT2D eigenvalue weighted by Crippen LogP contribution is -2.40. The Hall–Kier alpha value is -2.18. The quantitative estimate of drug-likeness (QED) is 0.776. The van der Waals surface area contributed by atoms with E-state index in [-0.39, 0.29) is 24.1 Å². The molecule has 0 aromatic carbocycles. The molecule has 0 saturated carbocycles. The molecule has 7 nitrogen and oxygen atoms in total. The molecule has 2 rings (SSSR count). The molecular weight excluding hydrogens is 286 g/mol. The molecule has 0 radical (unpaired) electrons. The Morgan fingerprint density at radius 2 is 2.09 bits per heavy atom. The lowest BCUT2D eigenvalue weighted by molar-refractivity contribution is -0.131. The Morgan fingerprint density at radius 1 is 1.41 bits per heavy atom. The van der Waals surface area contributed by atoms with Crippen molar-refractivity contribution < 1.29 is 14.3 Å². The minimum atomic E-state index is -0.677. The van der Waals surface area contributed by atoms with Crippen molar-refractivity contribution in [3.05, 3.63) is 27.9 Å². The summed E-state index contributed by atoms with van der Waals surface area (Å²) in [5.41, 5.74) is -0.525. The van der Waals surface area contributed by atoms with Gasteiger partial charge in [0.1, 0.15) is 11.4 Å². The first-order valence-corrected chi connectivity index (χ1v) is 7.38. The van der Waals surface area contributed by atoms with Crippen molar-refractivity contribution in [3.63, 3.8) is 0 Å². The Kier molecular flexibility index (Phi) is 4.63. The molecule has 0 fully saturated rings. The molecule has 0 unspecified atom stereocenters. The highest BCUT2D eigenvalue weighted by Gasteiger charge is 2.34. The van der Waals surface area contributed by atoms with Crippen LogP contribution in [0.4, 0.5) is 0 Å². The van der Waals surface area contributed by atoms with Crippen molar-refractivity contribution in [1.29, 1.82) is 0 Å². The van der Waals surface area contributed by atoms with E-state index in [1.54, 1.807) is 21.0 Å². The second-order valence-corrected chi connectivity index (χ2v) is 5.64. The average Bonchev–Trinajstić information content (AvgIpc) is 2.47. The van der Waals surface area contributed by atoms with Crippen LogP contribution in [0.5, 0.6) is 0 Å². The number of hydrogen-bond donors (Lipinski definition) is 0. The molecule has 1 aliphatic heterocycles. The van der Waals surface area contributed by atoms with Crippen molar-refractivity contribution in [2.24, 2.45) is 0 Å². The molecule has 7 heteroatoms. The van der Waals surface area contributed by atoms with Gasteiger partial charge in [-0.25, -0.2) is 9.78 Å². The number of aromatic nitrogens is 2. The summed E-state index contributed by atoms with van der Waals surface area (Å²) in [4.78, 5) is 42.4. The first kappa shape index (κ1) is 16.2. The lowest BCUT2D eigenvalue weighted by Gasteiger charge is -2.31. The second-order valence-electron chi connectivity index (χ2n) is 5.64. The van der Waals surface area contributed by atoms with Gasteiger partial charge < -0.3 is 9.64 Å². The normalized spacial score (nSPS) is 20.2. The lowest BCUT2D eigenvalue weighted by atomic mass is 9.93. The third kappa shape index (κ3) is 2.75. The number of esters is 1. The fourth-order valence-corrected chi connectivity index (χ4v) is 2.73. The molecule has 0 spiro atoms. The molecule has 1 aromatic heterocycles. The summed E-state index contributed by atoms with van der Waals surface area (Å²) in [5.74, 6) is -0.786. The summed E-state index contributed by atoms with van der Waals surface area (Å²) >= 11 is 0. The number of likely N-dealkylation sites (N-methyl/N-ethyl adjacent to an activating group) is 1. The summed E-state index contributed by atoms with van der Waals surface area (Å²) in [6.07, 6.45) is 2.55. The van der Waals surface area contributed by atoms with Crippen molar-refractivity contribution in [1.82, 2.24) is 14.5 Å². The number of carbonyl (C=O) groups is 2. The predicted octanol–water partition coefficient (Wildman–Crippen LogP) is 0.947. The van der Waals surface area contributed by atoms with E-state index in [2.05, 4.69) is 4.98 Å². The monoisotopic (exact) mass is 307 g/mol. The molecule has 22 heavy (non-hydrogen) atoms. The van der Waals surface area contributed by atoms with Crippen molar-refractivity contribution in [2.75, 3.05) is 20.7 Å². The van der Waals surface area contributed by atoms with Gasteiger partial charge in [-0.05, 0) is 26.7 Å². The Bertz CT molecular complexity index is 651. The van der Waals surface area contributed by atoms with Gasteiger partial charge in [0, 0.05) is 26.3 Å². The Morgan fingerprint density at radius 3 is 2.68 bits per heavy atom. The summed E-state index contributed by atoms with van der Waals surface area (Å²) in [6.45, 7) is 3.75. The molecule has 0 aliphatic carbocycles. The van der Waals surface area contributed by atoms with E-state index in [1.165, 1.54) is 15.7 Å². The van der Waals surface area contributed by atoms with Crippen LogP contribution in [0.15, 0.2) is 11.0 Å². The summed E-state index contributed by atoms with van der Waals surface area (Å²) in [6, 6.07) is -0.101. The van der Waals surface area contributed by atoms with Gasteiger partial charge in [0.05, 0.1) is 12.5 Å². The van der Waals surface area contributed by atoms with Gasteiger partial charge in [-0.1, -0.05) is 0 Å². The molecule has 2 atom stereocenters. The van der Waals surface area contributed by atoms with E-state index in [0.717, 1.165) is 0 Å². The minimum Gasteiger partial charge on any atom is -0.462 e. The first-order valence-electron chi connectivity index (χ1n) is 7.38. The topological polar surface area (TPSA) is 81.5 Å². The van der Waals surface area contributed by atoms with Crippen LogP contribution in [0.1, 0.15) is 54.8 Å². The SMILES string of the molecule is CCOC(=O)c1cnc2n(c1=O)[C@@H](C)CC[C@@H]2C(=O)N(C)C. The molecule has 0 saturated heterocycles. The standard InChI is InChI=1S/C15H21N3O4/c1-5-22-15(21)11-8-16-12-10(13(19)17(3)4)7-6-9(2)18(12)14(11)20/h8-10H,5-7H2,1-4H3/t9-,10-/m0/s1. The number of fused-ring (bicyclic) bond motifs is 1. The maximum Gasteiger partial charge on any atom is 0.345 e. The maximum atomic E-state index is 12.6. The van der Waals surface area contributed by atoms with Crippen LogP contribution >= 0.6 is 0 Å². The van der Waals surface area contributed by atoms with Crippen LogP contribution in [-0.2, 0) is 9.53 Å². The molecular formula is C15H21N3O4. The van der Waals surface area contributed by atoms with Gasteiger partial charge >= 0.3 is 5.97 Å². The zero-order valence-corrected chi connectivity index (χ0v) is 13.3. The molecule has 120 valence electrons. The van der Waals surface area contributed by atoms with Crippen molar-refractivity contribution in [3.8, 4) is 0 Å². The second kappa shape index (κ2) is 6.29. The Labute approximate surface area is 128 Å². The van der Waals surface area contributed by atoms with E-state index in [0.29, 0.717) is 18.7 Å². The predicted molar refractivity (Wildman–Crippen MR) is 79.8 cm³/mol. The van der Waals surface area contributed by atoms with Crippen LogP contribution in [0.2, 0.25) is 0 Å². The number of rotatable bonds is 3.